The highest BCUT2D eigenvalue weighted by molar-refractivity contribution is 7.98. The average Bonchev–Trinajstić information content (AvgIpc) is 3.37. The molecule has 0 spiro atoms. The average molecular weight is 656 g/mol. The zero-order valence-electron chi connectivity index (χ0n) is 23.8. The lowest BCUT2D eigenvalue weighted by Crippen LogP contribution is -2.36. The van der Waals surface area contributed by atoms with Crippen LogP contribution in [0.3, 0.4) is 0 Å². The SMILES string of the molecule is COc1cc(C2C3=C(CC(C)(C)CC3=O)Nc3nc(SCc4ccccc4Cl)nn32)ccc1OCc1ccc(Cl)cc1Cl. The monoisotopic (exact) mass is 654 g/mol. The van der Waals surface area contributed by atoms with Crippen LogP contribution in [0.1, 0.15) is 49.4 Å². The van der Waals surface area contributed by atoms with Crippen molar-refractivity contribution in [3.8, 4) is 11.5 Å². The Morgan fingerprint density at radius 2 is 1.81 bits per heavy atom. The first-order valence-corrected chi connectivity index (χ1v) is 15.8. The highest BCUT2D eigenvalue weighted by Crippen LogP contribution is 2.47. The van der Waals surface area contributed by atoms with Crippen LogP contribution in [0.5, 0.6) is 11.5 Å². The summed E-state index contributed by atoms with van der Waals surface area (Å²) < 4.78 is 13.6. The predicted molar refractivity (Wildman–Crippen MR) is 172 cm³/mol. The molecule has 43 heavy (non-hydrogen) atoms. The fourth-order valence-electron chi connectivity index (χ4n) is 5.48. The van der Waals surface area contributed by atoms with Gasteiger partial charge in [0, 0.05) is 44.1 Å². The van der Waals surface area contributed by atoms with E-state index in [0.29, 0.717) is 55.4 Å². The lowest BCUT2D eigenvalue weighted by atomic mass is 9.73. The molecule has 1 unspecified atom stereocenters. The topological polar surface area (TPSA) is 78.3 Å². The predicted octanol–water partition coefficient (Wildman–Crippen LogP) is 8.78. The first-order chi connectivity index (χ1) is 20.6. The molecule has 11 heteroatoms. The van der Waals surface area contributed by atoms with Crippen molar-refractivity contribution in [2.45, 2.75) is 50.2 Å². The van der Waals surface area contributed by atoms with Crippen LogP contribution < -0.4 is 14.8 Å². The number of halogens is 3. The number of thioether (sulfide) groups is 1. The molecule has 0 bridgehead atoms. The number of rotatable bonds is 8. The number of carbonyl (C=O) groups is 1. The first kappa shape index (κ1) is 29.9. The van der Waals surface area contributed by atoms with E-state index >= 15 is 0 Å². The number of fused-ring (bicyclic) bond motifs is 1. The van der Waals surface area contributed by atoms with E-state index in [1.54, 1.807) is 23.9 Å². The molecule has 6 rings (SSSR count). The molecule has 0 amide bonds. The summed E-state index contributed by atoms with van der Waals surface area (Å²) in [5.74, 6) is 2.37. The quantitative estimate of drug-likeness (QED) is 0.190. The molecule has 0 fully saturated rings. The summed E-state index contributed by atoms with van der Waals surface area (Å²) in [6, 6.07) is 18.2. The van der Waals surface area contributed by atoms with Crippen molar-refractivity contribution in [3.63, 3.8) is 0 Å². The molecule has 1 aromatic heterocycles. The molecule has 2 aliphatic rings. The van der Waals surface area contributed by atoms with Crippen LogP contribution in [0, 0.1) is 5.41 Å². The Bertz CT molecular complexity index is 1750. The molecule has 0 radical (unpaired) electrons. The summed E-state index contributed by atoms with van der Waals surface area (Å²) in [6.07, 6.45) is 1.17. The van der Waals surface area contributed by atoms with Crippen LogP contribution in [0.4, 0.5) is 5.95 Å². The van der Waals surface area contributed by atoms with Gasteiger partial charge in [0.1, 0.15) is 12.6 Å². The van der Waals surface area contributed by atoms with Gasteiger partial charge in [0.05, 0.1) is 7.11 Å². The van der Waals surface area contributed by atoms with E-state index in [-0.39, 0.29) is 17.8 Å². The maximum absolute atomic E-state index is 13.7. The zero-order chi connectivity index (χ0) is 30.3. The van der Waals surface area contributed by atoms with Crippen LogP contribution in [-0.4, -0.2) is 27.7 Å². The third-order valence-corrected chi connectivity index (χ3v) is 9.37. The molecule has 1 N–H and O–H groups in total. The van der Waals surface area contributed by atoms with Gasteiger partial charge in [0.2, 0.25) is 11.1 Å². The van der Waals surface area contributed by atoms with Crippen molar-refractivity contribution in [3.05, 3.63) is 104 Å². The number of hydrogen-bond acceptors (Lipinski definition) is 7. The van der Waals surface area contributed by atoms with E-state index in [0.717, 1.165) is 28.8 Å². The number of ketones is 1. The van der Waals surface area contributed by atoms with Gasteiger partial charge in [-0.3, -0.25) is 4.79 Å². The number of aromatic nitrogens is 3. The van der Waals surface area contributed by atoms with Crippen molar-refractivity contribution >= 4 is 58.3 Å². The number of nitrogens with one attached hydrogen (secondary N) is 1. The van der Waals surface area contributed by atoms with Gasteiger partial charge < -0.3 is 14.8 Å². The van der Waals surface area contributed by atoms with Gasteiger partial charge in [-0.15, -0.1) is 5.10 Å². The fourth-order valence-corrected chi connectivity index (χ4v) is 7.06. The van der Waals surface area contributed by atoms with Crippen LogP contribution in [-0.2, 0) is 17.2 Å². The van der Waals surface area contributed by atoms with E-state index in [1.165, 1.54) is 11.8 Å². The summed E-state index contributed by atoms with van der Waals surface area (Å²) in [7, 11) is 1.59. The van der Waals surface area contributed by atoms with Crippen molar-refractivity contribution < 1.29 is 14.3 Å². The van der Waals surface area contributed by atoms with E-state index in [1.807, 2.05) is 48.5 Å². The van der Waals surface area contributed by atoms with Crippen LogP contribution in [0.15, 0.2) is 77.1 Å². The van der Waals surface area contributed by atoms with Gasteiger partial charge in [-0.05, 0) is 53.3 Å². The molecule has 4 aromatic rings. The van der Waals surface area contributed by atoms with Crippen molar-refractivity contribution in [1.29, 1.82) is 0 Å². The van der Waals surface area contributed by atoms with Crippen molar-refractivity contribution in [1.82, 2.24) is 14.8 Å². The third kappa shape index (κ3) is 6.25. The van der Waals surface area contributed by atoms with E-state index in [4.69, 9.17) is 54.4 Å². The Labute approximate surface area is 269 Å². The second-order valence-corrected chi connectivity index (χ2v) is 13.5. The lowest BCUT2D eigenvalue weighted by Gasteiger charge is -2.38. The Hall–Kier alpha value is -3.17. The fraction of sp³-hybridized carbons (Fsp3) is 0.281. The Morgan fingerprint density at radius 3 is 2.58 bits per heavy atom. The summed E-state index contributed by atoms with van der Waals surface area (Å²) in [5.41, 5.74) is 4.05. The van der Waals surface area contributed by atoms with Crippen molar-refractivity contribution in [2.24, 2.45) is 5.41 Å². The summed E-state index contributed by atoms with van der Waals surface area (Å²) in [6.45, 7) is 4.45. The minimum atomic E-state index is -0.481. The zero-order valence-corrected chi connectivity index (χ0v) is 26.9. The Balaban J connectivity index is 1.34. The Kier molecular flexibility index (Phi) is 8.39. The molecule has 0 saturated heterocycles. The molecule has 222 valence electrons. The molecule has 1 atom stereocenters. The highest BCUT2D eigenvalue weighted by Gasteiger charge is 2.42. The van der Waals surface area contributed by atoms with Gasteiger partial charge in [-0.2, -0.15) is 4.98 Å². The normalized spacial score (nSPS) is 17.3. The molecular weight excluding hydrogens is 627 g/mol. The molecule has 2 heterocycles. The van der Waals surface area contributed by atoms with E-state index in [2.05, 4.69) is 19.2 Å². The molecule has 1 aliphatic carbocycles. The summed E-state index contributed by atoms with van der Waals surface area (Å²) >= 11 is 20.3. The van der Waals surface area contributed by atoms with E-state index in [9.17, 15) is 4.79 Å². The Morgan fingerprint density at radius 1 is 1.00 bits per heavy atom. The number of ether oxygens (including phenoxy) is 2. The van der Waals surface area contributed by atoms with Gasteiger partial charge in [0.25, 0.3) is 0 Å². The van der Waals surface area contributed by atoms with E-state index < -0.39 is 6.04 Å². The van der Waals surface area contributed by atoms with Gasteiger partial charge in [-0.25, -0.2) is 4.68 Å². The minimum absolute atomic E-state index is 0.0897. The maximum atomic E-state index is 13.7. The number of hydrogen-bond donors (Lipinski definition) is 1. The number of Topliss-reactive ketones (excluding diaryl/α,β-unsaturated/α-hetero) is 1. The lowest BCUT2D eigenvalue weighted by molar-refractivity contribution is -0.118. The smallest absolute Gasteiger partial charge is 0.227 e. The minimum Gasteiger partial charge on any atom is -0.493 e. The van der Waals surface area contributed by atoms with Crippen LogP contribution >= 0.6 is 46.6 Å². The molecule has 1 aliphatic heterocycles. The second-order valence-electron chi connectivity index (χ2n) is 11.3. The standard InChI is InChI=1S/C32H29Cl3N4O3S/c1-32(2)14-24-28(25(40)15-32)29(39-30(36-24)37-31(38-39)43-17-20-6-4-5-7-22(20)34)18-9-11-26(27(12-18)41-3)42-16-19-8-10-21(33)13-23(19)35/h4-13,29H,14-17H2,1-3H3,(H,36,37,38). The van der Waals surface area contributed by atoms with Crippen molar-refractivity contribution in [2.75, 3.05) is 12.4 Å². The molecule has 3 aromatic carbocycles. The van der Waals surface area contributed by atoms with Crippen LogP contribution in [0.25, 0.3) is 0 Å². The number of anilines is 1. The van der Waals surface area contributed by atoms with Crippen LogP contribution in [0.2, 0.25) is 15.1 Å². The number of benzene rings is 3. The largest absolute Gasteiger partial charge is 0.493 e. The van der Waals surface area contributed by atoms with Gasteiger partial charge >= 0.3 is 0 Å². The third-order valence-electron chi connectivity index (χ3n) is 7.53. The number of methoxy groups -OCH3 is 1. The number of nitrogens with zero attached hydrogens (tertiary/aromatic N) is 3. The second kappa shape index (κ2) is 12.1. The number of carbonyl (C=O) groups excluding carboxylic acids is 1. The first-order valence-electron chi connectivity index (χ1n) is 13.7. The molecule has 7 nitrogen and oxygen atoms in total. The highest BCUT2D eigenvalue weighted by atomic mass is 35.5. The van der Waals surface area contributed by atoms with Gasteiger partial charge in [-0.1, -0.05) is 90.7 Å². The van der Waals surface area contributed by atoms with Gasteiger partial charge in [0.15, 0.2) is 17.3 Å². The molecular formula is C32H29Cl3N4O3S. The summed E-state index contributed by atoms with van der Waals surface area (Å²) in [4.78, 5) is 18.5. The summed E-state index contributed by atoms with van der Waals surface area (Å²) in [5, 5.41) is 10.7. The number of allylic oxidation sites excluding steroid dienone is 2. The maximum Gasteiger partial charge on any atom is 0.227 e. The molecule has 0 saturated carbocycles.